The Labute approximate surface area is 119 Å². The maximum atomic E-state index is 12.4. The van der Waals surface area contributed by atoms with Crippen LogP contribution in [-0.2, 0) is 9.53 Å². The Balaban J connectivity index is 2.00. The second-order valence-electron chi connectivity index (χ2n) is 6.58. The molecule has 2 saturated heterocycles. The van der Waals surface area contributed by atoms with Gasteiger partial charge in [-0.3, -0.25) is 0 Å². The van der Waals surface area contributed by atoms with E-state index in [0.29, 0.717) is 19.6 Å². The van der Waals surface area contributed by atoms with E-state index < -0.39 is 11.5 Å². The van der Waals surface area contributed by atoms with E-state index in [-0.39, 0.29) is 17.7 Å². The minimum Gasteiger partial charge on any atom is -0.480 e. The van der Waals surface area contributed by atoms with Crippen LogP contribution in [0.2, 0.25) is 0 Å². The van der Waals surface area contributed by atoms with Crippen molar-refractivity contribution in [1.29, 1.82) is 0 Å². The summed E-state index contributed by atoms with van der Waals surface area (Å²) in [5, 5.41) is 12.3. The fourth-order valence-electron chi connectivity index (χ4n) is 3.12. The number of ether oxygens (including phenoxy) is 1. The van der Waals surface area contributed by atoms with E-state index in [1.54, 1.807) is 6.92 Å². The number of amides is 2. The van der Waals surface area contributed by atoms with E-state index in [0.717, 1.165) is 19.3 Å². The smallest absolute Gasteiger partial charge is 0.329 e. The summed E-state index contributed by atoms with van der Waals surface area (Å²) in [7, 11) is 0. The van der Waals surface area contributed by atoms with Crippen molar-refractivity contribution < 1.29 is 19.4 Å². The molecule has 0 aromatic heterocycles. The summed E-state index contributed by atoms with van der Waals surface area (Å²) >= 11 is 0. The normalized spacial score (nSPS) is 33.0. The molecule has 0 spiro atoms. The minimum atomic E-state index is -1.08. The van der Waals surface area contributed by atoms with Crippen molar-refractivity contribution in [2.75, 3.05) is 13.2 Å². The van der Waals surface area contributed by atoms with Gasteiger partial charge < -0.3 is 20.1 Å². The highest BCUT2D eigenvalue weighted by molar-refractivity contribution is 5.86. The standard InChI is InChI=1S/C14H24N2O4/c1-13(2)9-10(5-8-20-13)15-12(19)16-7-4-6-14(16,3)11(17)18/h10H,4-9H2,1-3H3,(H,15,19)(H,17,18). The second-order valence-corrected chi connectivity index (χ2v) is 6.58. The predicted octanol–water partition coefficient (Wildman–Crippen LogP) is 1.59. The van der Waals surface area contributed by atoms with Gasteiger partial charge in [0.05, 0.1) is 5.60 Å². The Morgan fingerprint density at radius 2 is 2.05 bits per heavy atom. The molecule has 0 bridgehead atoms. The minimum absolute atomic E-state index is 0.0462. The number of aliphatic carboxylic acids is 1. The first-order chi connectivity index (χ1) is 9.24. The van der Waals surface area contributed by atoms with Crippen LogP contribution >= 0.6 is 0 Å². The third-order valence-electron chi connectivity index (χ3n) is 4.37. The van der Waals surface area contributed by atoms with Crippen molar-refractivity contribution in [3.8, 4) is 0 Å². The average molecular weight is 284 g/mol. The molecule has 0 aliphatic carbocycles. The molecular formula is C14H24N2O4. The van der Waals surface area contributed by atoms with Gasteiger partial charge in [-0.2, -0.15) is 0 Å². The molecule has 0 radical (unpaired) electrons. The zero-order chi connectivity index (χ0) is 15.0. The molecule has 114 valence electrons. The summed E-state index contributed by atoms with van der Waals surface area (Å²) in [4.78, 5) is 25.2. The first kappa shape index (κ1) is 15.1. The van der Waals surface area contributed by atoms with Gasteiger partial charge in [0, 0.05) is 19.2 Å². The summed E-state index contributed by atoms with van der Waals surface area (Å²) in [5.41, 5.74) is -1.32. The molecule has 2 atom stereocenters. The first-order valence-corrected chi connectivity index (χ1v) is 7.20. The number of carbonyl (C=O) groups excluding carboxylic acids is 1. The summed E-state index contributed by atoms with van der Waals surface area (Å²) < 4.78 is 5.62. The Hall–Kier alpha value is -1.30. The Morgan fingerprint density at radius 1 is 1.35 bits per heavy atom. The number of carbonyl (C=O) groups is 2. The molecule has 6 nitrogen and oxygen atoms in total. The van der Waals surface area contributed by atoms with Gasteiger partial charge in [0.25, 0.3) is 0 Å². The molecule has 2 N–H and O–H groups in total. The number of nitrogens with one attached hydrogen (secondary N) is 1. The molecule has 0 aromatic rings. The van der Waals surface area contributed by atoms with E-state index in [1.165, 1.54) is 4.90 Å². The zero-order valence-electron chi connectivity index (χ0n) is 12.4. The average Bonchev–Trinajstić information content (AvgIpc) is 2.71. The van der Waals surface area contributed by atoms with Gasteiger partial charge >= 0.3 is 12.0 Å². The van der Waals surface area contributed by atoms with Gasteiger partial charge in [-0.25, -0.2) is 9.59 Å². The largest absolute Gasteiger partial charge is 0.480 e. The maximum Gasteiger partial charge on any atom is 0.329 e. The lowest BCUT2D eigenvalue weighted by Gasteiger charge is -2.38. The lowest BCUT2D eigenvalue weighted by atomic mass is 9.94. The van der Waals surface area contributed by atoms with Gasteiger partial charge in [0.1, 0.15) is 5.54 Å². The third-order valence-corrected chi connectivity index (χ3v) is 4.37. The quantitative estimate of drug-likeness (QED) is 0.807. The molecule has 2 amide bonds. The van der Waals surface area contributed by atoms with Gasteiger partial charge in [-0.05, 0) is 46.5 Å². The highest BCUT2D eigenvalue weighted by Gasteiger charge is 2.46. The topological polar surface area (TPSA) is 78.9 Å². The van der Waals surface area contributed by atoms with Crippen molar-refractivity contribution in [1.82, 2.24) is 10.2 Å². The van der Waals surface area contributed by atoms with Crippen LogP contribution in [0.15, 0.2) is 0 Å². The molecule has 0 aromatic carbocycles. The second kappa shape index (κ2) is 5.24. The number of likely N-dealkylation sites (tertiary alicyclic amines) is 1. The molecule has 2 fully saturated rings. The van der Waals surface area contributed by atoms with E-state index in [2.05, 4.69) is 5.32 Å². The fraction of sp³-hybridized carbons (Fsp3) is 0.857. The Kier molecular flexibility index (Phi) is 3.95. The zero-order valence-corrected chi connectivity index (χ0v) is 12.4. The molecule has 2 aliphatic heterocycles. The van der Waals surface area contributed by atoms with Gasteiger partial charge in [-0.1, -0.05) is 0 Å². The Bertz CT molecular complexity index is 410. The van der Waals surface area contributed by atoms with Crippen LogP contribution in [0, 0.1) is 0 Å². The number of nitrogens with zero attached hydrogens (tertiary/aromatic N) is 1. The van der Waals surface area contributed by atoms with Crippen LogP contribution in [-0.4, -0.2) is 52.3 Å². The lowest BCUT2D eigenvalue weighted by molar-refractivity contribution is -0.147. The summed E-state index contributed by atoms with van der Waals surface area (Å²) in [6.07, 6.45) is 2.76. The summed E-state index contributed by atoms with van der Waals surface area (Å²) in [6, 6.07) is -0.222. The fourth-order valence-corrected chi connectivity index (χ4v) is 3.12. The van der Waals surface area contributed by atoms with Crippen LogP contribution in [0.5, 0.6) is 0 Å². The number of rotatable bonds is 2. The van der Waals surface area contributed by atoms with Gasteiger partial charge in [0.2, 0.25) is 0 Å². The molecule has 6 heteroatoms. The maximum absolute atomic E-state index is 12.4. The van der Waals surface area contributed by atoms with Crippen molar-refractivity contribution in [3.63, 3.8) is 0 Å². The van der Waals surface area contributed by atoms with Crippen molar-refractivity contribution >= 4 is 12.0 Å². The van der Waals surface area contributed by atoms with Gasteiger partial charge in [-0.15, -0.1) is 0 Å². The summed E-state index contributed by atoms with van der Waals surface area (Å²) in [6.45, 7) is 6.75. The van der Waals surface area contributed by atoms with Crippen molar-refractivity contribution in [3.05, 3.63) is 0 Å². The number of urea groups is 1. The van der Waals surface area contributed by atoms with Crippen molar-refractivity contribution in [2.45, 2.75) is 63.6 Å². The summed E-state index contributed by atoms with van der Waals surface area (Å²) in [5.74, 6) is -0.933. The monoisotopic (exact) mass is 284 g/mol. The van der Waals surface area contributed by atoms with Crippen LogP contribution < -0.4 is 5.32 Å². The first-order valence-electron chi connectivity index (χ1n) is 7.20. The molecule has 2 rings (SSSR count). The lowest BCUT2D eigenvalue weighted by Crippen LogP contribution is -2.57. The van der Waals surface area contributed by atoms with Gasteiger partial charge in [0.15, 0.2) is 0 Å². The SMILES string of the molecule is CC1(C)CC(NC(=O)N2CCCC2(C)C(=O)O)CCO1. The third kappa shape index (κ3) is 2.90. The van der Waals surface area contributed by atoms with Crippen LogP contribution in [0.3, 0.4) is 0 Å². The van der Waals surface area contributed by atoms with Crippen LogP contribution in [0.1, 0.15) is 46.5 Å². The molecule has 2 aliphatic rings. The number of hydrogen-bond acceptors (Lipinski definition) is 3. The molecule has 2 unspecified atom stereocenters. The molecule has 0 saturated carbocycles. The van der Waals surface area contributed by atoms with E-state index in [1.807, 2.05) is 13.8 Å². The van der Waals surface area contributed by atoms with Crippen molar-refractivity contribution in [2.24, 2.45) is 0 Å². The van der Waals surface area contributed by atoms with Crippen LogP contribution in [0.25, 0.3) is 0 Å². The number of carboxylic acids is 1. The number of carboxylic acid groups (broad SMARTS) is 1. The highest BCUT2D eigenvalue weighted by Crippen LogP contribution is 2.30. The van der Waals surface area contributed by atoms with E-state index in [4.69, 9.17) is 4.74 Å². The predicted molar refractivity (Wildman–Crippen MR) is 73.6 cm³/mol. The Morgan fingerprint density at radius 3 is 2.65 bits per heavy atom. The number of hydrogen-bond donors (Lipinski definition) is 2. The van der Waals surface area contributed by atoms with Crippen LogP contribution in [0.4, 0.5) is 4.79 Å². The molecule has 2 heterocycles. The van der Waals surface area contributed by atoms with E-state index >= 15 is 0 Å². The van der Waals surface area contributed by atoms with E-state index in [9.17, 15) is 14.7 Å². The molecule has 20 heavy (non-hydrogen) atoms. The highest BCUT2D eigenvalue weighted by atomic mass is 16.5. The molecular weight excluding hydrogens is 260 g/mol.